The molecule has 16 heavy (non-hydrogen) atoms. The molecule has 0 bridgehead atoms. The summed E-state index contributed by atoms with van der Waals surface area (Å²) in [6, 6.07) is 14.5. The standard InChI is InChI=1S/C14H16N2/c1-2-12-16(13-6-4-3-5-7-13)14-8-10-15-11-9-14/h3-11H,2,12H2,1H3. The van der Waals surface area contributed by atoms with E-state index in [1.807, 2.05) is 30.6 Å². The van der Waals surface area contributed by atoms with Crippen LogP contribution in [0.5, 0.6) is 0 Å². The van der Waals surface area contributed by atoms with E-state index in [9.17, 15) is 0 Å². The van der Waals surface area contributed by atoms with E-state index >= 15 is 0 Å². The van der Waals surface area contributed by atoms with Gasteiger partial charge in [-0.1, -0.05) is 25.1 Å². The number of pyridine rings is 1. The van der Waals surface area contributed by atoms with Crippen molar-refractivity contribution in [1.82, 2.24) is 4.98 Å². The summed E-state index contributed by atoms with van der Waals surface area (Å²) in [6.45, 7) is 3.21. The highest BCUT2D eigenvalue weighted by Gasteiger charge is 2.06. The van der Waals surface area contributed by atoms with E-state index in [4.69, 9.17) is 0 Å². The lowest BCUT2D eigenvalue weighted by Gasteiger charge is -2.24. The Labute approximate surface area is 96.6 Å². The quantitative estimate of drug-likeness (QED) is 0.769. The van der Waals surface area contributed by atoms with Gasteiger partial charge < -0.3 is 4.90 Å². The van der Waals surface area contributed by atoms with Crippen molar-refractivity contribution >= 4 is 11.4 Å². The predicted molar refractivity (Wildman–Crippen MR) is 68.0 cm³/mol. The maximum Gasteiger partial charge on any atom is 0.0441 e. The maximum absolute atomic E-state index is 4.05. The molecule has 0 N–H and O–H groups in total. The van der Waals surface area contributed by atoms with Gasteiger partial charge in [-0.25, -0.2) is 0 Å². The summed E-state index contributed by atoms with van der Waals surface area (Å²) >= 11 is 0. The average molecular weight is 212 g/mol. The second-order valence-corrected chi connectivity index (χ2v) is 3.69. The third-order valence-electron chi connectivity index (χ3n) is 2.49. The van der Waals surface area contributed by atoms with Gasteiger partial charge in [0.25, 0.3) is 0 Å². The SMILES string of the molecule is CCCN(c1ccccc1)c1ccncc1. The van der Waals surface area contributed by atoms with Gasteiger partial charge in [0.05, 0.1) is 0 Å². The minimum absolute atomic E-state index is 1.02. The van der Waals surface area contributed by atoms with E-state index in [2.05, 4.69) is 41.1 Å². The van der Waals surface area contributed by atoms with Crippen molar-refractivity contribution in [3.63, 3.8) is 0 Å². The topological polar surface area (TPSA) is 16.1 Å². The Morgan fingerprint density at radius 2 is 1.56 bits per heavy atom. The molecule has 0 fully saturated rings. The molecule has 0 atom stereocenters. The van der Waals surface area contributed by atoms with E-state index in [1.165, 1.54) is 11.4 Å². The highest BCUT2D eigenvalue weighted by atomic mass is 15.1. The number of anilines is 2. The van der Waals surface area contributed by atoms with Gasteiger partial charge in [-0.3, -0.25) is 4.98 Å². The Hall–Kier alpha value is -1.83. The van der Waals surface area contributed by atoms with Crippen LogP contribution in [0.15, 0.2) is 54.9 Å². The van der Waals surface area contributed by atoms with Gasteiger partial charge >= 0.3 is 0 Å². The van der Waals surface area contributed by atoms with Gasteiger partial charge in [-0.15, -0.1) is 0 Å². The largest absolute Gasteiger partial charge is 0.341 e. The molecule has 0 saturated heterocycles. The fourth-order valence-corrected chi connectivity index (χ4v) is 1.76. The average Bonchev–Trinajstić information content (AvgIpc) is 2.38. The van der Waals surface area contributed by atoms with Crippen molar-refractivity contribution in [3.05, 3.63) is 54.9 Å². The fourth-order valence-electron chi connectivity index (χ4n) is 1.76. The summed E-state index contributed by atoms with van der Waals surface area (Å²) in [7, 11) is 0. The highest BCUT2D eigenvalue weighted by molar-refractivity contribution is 5.62. The van der Waals surface area contributed by atoms with Gasteiger partial charge in [0.1, 0.15) is 0 Å². The van der Waals surface area contributed by atoms with Crippen LogP contribution in [-0.2, 0) is 0 Å². The van der Waals surface area contributed by atoms with Crippen LogP contribution in [0, 0.1) is 0 Å². The second-order valence-electron chi connectivity index (χ2n) is 3.69. The van der Waals surface area contributed by atoms with Crippen LogP contribution in [0.25, 0.3) is 0 Å². The first kappa shape index (κ1) is 10.7. The molecular formula is C14H16N2. The highest BCUT2D eigenvalue weighted by Crippen LogP contribution is 2.24. The number of nitrogens with zero attached hydrogens (tertiary/aromatic N) is 2. The molecule has 0 aliphatic heterocycles. The lowest BCUT2D eigenvalue weighted by atomic mass is 10.2. The van der Waals surface area contributed by atoms with E-state index in [0.29, 0.717) is 0 Å². The molecule has 0 saturated carbocycles. The molecule has 2 heteroatoms. The monoisotopic (exact) mass is 212 g/mol. The van der Waals surface area contributed by atoms with Gasteiger partial charge in [0.15, 0.2) is 0 Å². The van der Waals surface area contributed by atoms with Gasteiger partial charge in [-0.05, 0) is 30.7 Å². The van der Waals surface area contributed by atoms with Gasteiger partial charge in [0.2, 0.25) is 0 Å². The van der Waals surface area contributed by atoms with E-state index in [0.717, 1.165) is 13.0 Å². The van der Waals surface area contributed by atoms with Crippen molar-refractivity contribution in [2.75, 3.05) is 11.4 Å². The number of hydrogen-bond donors (Lipinski definition) is 0. The molecule has 2 rings (SSSR count). The van der Waals surface area contributed by atoms with Crippen LogP contribution in [0.3, 0.4) is 0 Å². The molecule has 0 spiro atoms. The van der Waals surface area contributed by atoms with Crippen molar-refractivity contribution in [1.29, 1.82) is 0 Å². The zero-order chi connectivity index (χ0) is 11.2. The third kappa shape index (κ3) is 2.40. The van der Waals surface area contributed by atoms with Gasteiger partial charge in [0, 0.05) is 30.3 Å². The first-order chi connectivity index (χ1) is 7.92. The Balaban J connectivity index is 2.31. The Morgan fingerprint density at radius 3 is 2.19 bits per heavy atom. The summed E-state index contributed by atoms with van der Waals surface area (Å²) in [5.41, 5.74) is 2.43. The minimum Gasteiger partial charge on any atom is -0.341 e. The van der Waals surface area contributed by atoms with Crippen molar-refractivity contribution in [2.45, 2.75) is 13.3 Å². The van der Waals surface area contributed by atoms with Crippen LogP contribution >= 0.6 is 0 Å². The first-order valence-corrected chi connectivity index (χ1v) is 5.64. The molecule has 0 radical (unpaired) electrons. The zero-order valence-electron chi connectivity index (χ0n) is 9.50. The van der Waals surface area contributed by atoms with E-state index in [-0.39, 0.29) is 0 Å². The van der Waals surface area contributed by atoms with E-state index in [1.54, 1.807) is 0 Å². The molecule has 2 nitrogen and oxygen atoms in total. The van der Waals surface area contributed by atoms with Crippen LogP contribution in [-0.4, -0.2) is 11.5 Å². The molecule has 0 aliphatic rings. The Morgan fingerprint density at radius 1 is 0.938 bits per heavy atom. The molecule has 1 aromatic heterocycles. The van der Waals surface area contributed by atoms with E-state index < -0.39 is 0 Å². The molecule has 0 amide bonds. The van der Waals surface area contributed by atoms with Crippen LogP contribution in [0.2, 0.25) is 0 Å². The molecule has 2 aromatic rings. The molecular weight excluding hydrogens is 196 g/mol. The summed E-state index contributed by atoms with van der Waals surface area (Å²) in [6.07, 6.45) is 4.79. The molecule has 0 unspecified atom stereocenters. The van der Waals surface area contributed by atoms with Crippen LogP contribution < -0.4 is 4.90 Å². The van der Waals surface area contributed by atoms with Crippen molar-refractivity contribution < 1.29 is 0 Å². The third-order valence-corrected chi connectivity index (χ3v) is 2.49. The van der Waals surface area contributed by atoms with Crippen LogP contribution in [0.1, 0.15) is 13.3 Å². The lowest BCUT2D eigenvalue weighted by molar-refractivity contribution is 0.884. The first-order valence-electron chi connectivity index (χ1n) is 5.64. The summed E-state index contributed by atoms with van der Waals surface area (Å²) in [5, 5.41) is 0. The second kappa shape index (κ2) is 5.31. The summed E-state index contributed by atoms with van der Waals surface area (Å²) in [4.78, 5) is 6.36. The molecule has 1 heterocycles. The van der Waals surface area contributed by atoms with Crippen molar-refractivity contribution in [2.24, 2.45) is 0 Å². The molecule has 0 aliphatic carbocycles. The Bertz CT molecular complexity index is 372. The van der Waals surface area contributed by atoms with Gasteiger partial charge in [-0.2, -0.15) is 0 Å². The molecule has 82 valence electrons. The van der Waals surface area contributed by atoms with Crippen LogP contribution in [0.4, 0.5) is 11.4 Å². The fraction of sp³-hybridized carbons (Fsp3) is 0.214. The lowest BCUT2D eigenvalue weighted by Crippen LogP contribution is -2.17. The zero-order valence-corrected chi connectivity index (χ0v) is 9.50. The minimum atomic E-state index is 1.02. The predicted octanol–water partition coefficient (Wildman–Crippen LogP) is 3.63. The maximum atomic E-state index is 4.05. The number of hydrogen-bond acceptors (Lipinski definition) is 2. The number of aromatic nitrogens is 1. The number of benzene rings is 1. The normalized spacial score (nSPS) is 10.1. The summed E-state index contributed by atoms with van der Waals surface area (Å²) < 4.78 is 0. The number of rotatable bonds is 4. The number of para-hydroxylation sites is 1. The Kier molecular flexibility index (Phi) is 3.54. The van der Waals surface area contributed by atoms with Crippen molar-refractivity contribution in [3.8, 4) is 0 Å². The molecule has 1 aromatic carbocycles. The smallest absolute Gasteiger partial charge is 0.0441 e. The summed E-state index contributed by atoms with van der Waals surface area (Å²) in [5.74, 6) is 0.